The van der Waals surface area contributed by atoms with E-state index in [-0.39, 0.29) is 11.8 Å². The van der Waals surface area contributed by atoms with Gasteiger partial charge >= 0.3 is 0 Å². The average molecular weight is 273 g/mol. The molecule has 0 radical (unpaired) electrons. The van der Waals surface area contributed by atoms with E-state index in [1.54, 1.807) is 37.4 Å². The lowest BCUT2D eigenvalue weighted by molar-refractivity contribution is -0.122. The number of hydrogen-bond acceptors (Lipinski definition) is 4. The van der Waals surface area contributed by atoms with E-state index in [9.17, 15) is 9.59 Å². The lowest BCUT2D eigenvalue weighted by atomic mass is 10.2. The van der Waals surface area contributed by atoms with Gasteiger partial charge in [0.2, 0.25) is 5.91 Å². The lowest BCUT2D eigenvalue weighted by Gasteiger charge is -2.13. The number of hydrogen-bond donors (Lipinski definition) is 2. The molecular formula is C14H15N3O3. The molecule has 2 aromatic heterocycles. The minimum Gasteiger partial charge on any atom is -0.467 e. The van der Waals surface area contributed by atoms with E-state index in [0.29, 0.717) is 17.9 Å². The molecular weight excluding hydrogens is 258 g/mol. The zero-order valence-electron chi connectivity index (χ0n) is 11.0. The van der Waals surface area contributed by atoms with Crippen molar-refractivity contribution in [2.75, 3.05) is 0 Å². The van der Waals surface area contributed by atoms with Crippen molar-refractivity contribution in [1.82, 2.24) is 15.6 Å². The Morgan fingerprint density at radius 1 is 1.35 bits per heavy atom. The molecule has 0 spiro atoms. The van der Waals surface area contributed by atoms with Gasteiger partial charge in [0.05, 0.1) is 18.4 Å². The third kappa shape index (κ3) is 3.68. The van der Waals surface area contributed by atoms with Crippen molar-refractivity contribution in [3.63, 3.8) is 0 Å². The largest absolute Gasteiger partial charge is 0.467 e. The quantitative estimate of drug-likeness (QED) is 0.854. The van der Waals surface area contributed by atoms with Gasteiger partial charge in [0, 0.05) is 12.4 Å². The molecule has 0 aliphatic heterocycles. The summed E-state index contributed by atoms with van der Waals surface area (Å²) in [7, 11) is 0. The second kappa shape index (κ2) is 6.51. The first-order chi connectivity index (χ1) is 9.66. The number of aromatic nitrogens is 1. The molecule has 0 fully saturated rings. The minimum absolute atomic E-state index is 0.279. The highest BCUT2D eigenvalue weighted by atomic mass is 16.3. The summed E-state index contributed by atoms with van der Waals surface area (Å²) in [5.74, 6) is 0.0431. The Morgan fingerprint density at radius 2 is 2.20 bits per heavy atom. The summed E-state index contributed by atoms with van der Waals surface area (Å²) < 4.78 is 5.10. The molecule has 0 unspecified atom stereocenters. The summed E-state index contributed by atoms with van der Waals surface area (Å²) >= 11 is 0. The van der Waals surface area contributed by atoms with Gasteiger partial charge in [-0.3, -0.25) is 14.6 Å². The van der Waals surface area contributed by atoms with Crippen LogP contribution in [0.25, 0.3) is 0 Å². The zero-order chi connectivity index (χ0) is 14.4. The monoisotopic (exact) mass is 273 g/mol. The van der Waals surface area contributed by atoms with Gasteiger partial charge in [-0.25, -0.2) is 0 Å². The molecule has 6 heteroatoms. The highest BCUT2D eigenvalue weighted by molar-refractivity contribution is 5.97. The first-order valence-corrected chi connectivity index (χ1v) is 6.18. The average Bonchev–Trinajstić information content (AvgIpc) is 2.98. The standard InChI is InChI=1S/C14H15N3O3/c1-10(13(18)16-9-12-5-3-7-20-12)17-14(19)11-4-2-6-15-8-11/h2-8,10H,9H2,1H3,(H,16,18)(H,17,19)/t10-/m1/s1. The van der Waals surface area contributed by atoms with Crippen LogP contribution in [0.1, 0.15) is 23.0 Å². The predicted octanol–water partition coefficient (Wildman–Crippen LogP) is 1.11. The van der Waals surface area contributed by atoms with Crippen molar-refractivity contribution < 1.29 is 14.0 Å². The number of furan rings is 1. The van der Waals surface area contributed by atoms with Crippen LogP contribution in [-0.2, 0) is 11.3 Å². The first kappa shape index (κ1) is 13.8. The summed E-state index contributed by atoms with van der Waals surface area (Å²) in [6.07, 6.45) is 4.56. The molecule has 0 bridgehead atoms. The van der Waals surface area contributed by atoms with Gasteiger partial charge in [0.1, 0.15) is 11.8 Å². The molecule has 6 nitrogen and oxygen atoms in total. The highest BCUT2D eigenvalue weighted by Gasteiger charge is 2.16. The van der Waals surface area contributed by atoms with E-state index in [1.165, 1.54) is 12.5 Å². The summed E-state index contributed by atoms with van der Waals surface area (Å²) in [5.41, 5.74) is 0.415. The molecule has 2 aromatic rings. The number of carbonyl (C=O) groups is 2. The van der Waals surface area contributed by atoms with Gasteiger partial charge in [-0.2, -0.15) is 0 Å². The molecule has 20 heavy (non-hydrogen) atoms. The van der Waals surface area contributed by atoms with E-state index in [2.05, 4.69) is 15.6 Å². The number of rotatable bonds is 5. The lowest BCUT2D eigenvalue weighted by Crippen LogP contribution is -2.44. The van der Waals surface area contributed by atoms with Crippen molar-refractivity contribution in [2.24, 2.45) is 0 Å². The van der Waals surface area contributed by atoms with E-state index >= 15 is 0 Å². The molecule has 104 valence electrons. The van der Waals surface area contributed by atoms with Gasteiger partial charge in [0.25, 0.3) is 5.91 Å². The molecule has 0 aromatic carbocycles. The van der Waals surface area contributed by atoms with Gasteiger partial charge in [0.15, 0.2) is 0 Å². The van der Waals surface area contributed by atoms with Crippen LogP contribution in [0.3, 0.4) is 0 Å². The van der Waals surface area contributed by atoms with Gasteiger partial charge < -0.3 is 15.1 Å². The Balaban J connectivity index is 1.83. The van der Waals surface area contributed by atoms with Crippen LogP contribution in [0, 0.1) is 0 Å². The highest BCUT2D eigenvalue weighted by Crippen LogP contribution is 2.00. The Labute approximate surface area is 116 Å². The summed E-state index contributed by atoms with van der Waals surface area (Å²) in [5, 5.41) is 5.28. The van der Waals surface area contributed by atoms with Crippen molar-refractivity contribution in [1.29, 1.82) is 0 Å². The maximum Gasteiger partial charge on any atom is 0.253 e. The second-order valence-electron chi connectivity index (χ2n) is 4.23. The fraction of sp³-hybridized carbons (Fsp3) is 0.214. The number of nitrogens with one attached hydrogen (secondary N) is 2. The van der Waals surface area contributed by atoms with Crippen LogP contribution in [-0.4, -0.2) is 22.8 Å². The van der Waals surface area contributed by atoms with Crippen LogP contribution in [0.4, 0.5) is 0 Å². The number of amides is 2. The smallest absolute Gasteiger partial charge is 0.253 e. The topological polar surface area (TPSA) is 84.2 Å². The van der Waals surface area contributed by atoms with Crippen LogP contribution in [0.2, 0.25) is 0 Å². The SMILES string of the molecule is C[C@@H](NC(=O)c1cccnc1)C(=O)NCc1ccco1. The van der Waals surface area contributed by atoms with Crippen molar-refractivity contribution in [3.05, 3.63) is 54.2 Å². The van der Waals surface area contributed by atoms with E-state index in [4.69, 9.17) is 4.42 Å². The molecule has 2 amide bonds. The fourth-order valence-corrected chi connectivity index (χ4v) is 1.58. The van der Waals surface area contributed by atoms with E-state index in [0.717, 1.165) is 0 Å². The zero-order valence-corrected chi connectivity index (χ0v) is 11.0. The molecule has 1 atom stereocenters. The number of pyridine rings is 1. The molecule has 0 aliphatic rings. The van der Waals surface area contributed by atoms with Gasteiger partial charge in [-0.15, -0.1) is 0 Å². The fourth-order valence-electron chi connectivity index (χ4n) is 1.58. The Kier molecular flexibility index (Phi) is 4.49. The van der Waals surface area contributed by atoms with Gasteiger partial charge in [-0.05, 0) is 31.2 Å². The number of carbonyl (C=O) groups excluding carboxylic acids is 2. The first-order valence-electron chi connectivity index (χ1n) is 6.18. The van der Waals surface area contributed by atoms with Crippen LogP contribution < -0.4 is 10.6 Å². The maximum atomic E-state index is 11.8. The summed E-state index contributed by atoms with van der Waals surface area (Å²) in [4.78, 5) is 27.5. The molecule has 2 heterocycles. The van der Waals surface area contributed by atoms with Crippen molar-refractivity contribution >= 4 is 11.8 Å². The maximum absolute atomic E-state index is 11.8. The van der Waals surface area contributed by atoms with Crippen molar-refractivity contribution in [3.8, 4) is 0 Å². The predicted molar refractivity (Wildman–Crippen MR) is 71.7 cm³/mol. The molecule has 0 aliphatic carbocycles. The Bertz CT molecular complexity index is 567. The number of nitrogens with zero attached hydrogens (tertiary/aromatic N) is 1. The molecule has 2 N–H and O–H groups in total. The van der Waals surface area contributed by atoms with Crippen LogP contribution in [0.15, 0.2) is 47.3 Å². The third-order valence-corrected chi connectivity index (χ3v) is 2.68. The Morgan fingerprint density at radius 3 is 2.85 bits per heavy atom. The van der Waals surface area contributed by atoms with Gasteiger partial charge in [-0.1, -0.05) is 0 Å². The third-order valence-electron chi connectivity index (χ3n) is 2.68. The summed E-state index contributed by atoms with van der Waals surface area (Å²) in [6, 6.07) is 6.17. The summed E-state index contributed by atoms with van der Waals surface area (Å²) in [6.45, 7) is 1.91. The minimum atomic E-state index is -0.641. The molecule has 0 saturated heterocycles. The van der Waals surface area contributed by atoms with Crippen molar-refractivity contribution in [2.45, 2.75) is 19.5 Å². The normalized spacial score (nSPS) is 11.7. The molecule has 2 rings (SSSR count). The van der Waals surface area contributed by atoms with E-state index in [1.807, 2.05) is 0 Å². The van der Waals surface area contributed by atoms with E-state index < -0.39 is 6.04 Å². The Hall–Kier alpha value is -2.63. The van der Waals surface area contributed by atoms with Crippen LogP contribution in [0.5, 0.6) is 0 Å². The van der Waals surface area contributed by atoms with Crippen LogP contribution >= 0.6 is 0 Å². The molecule has 0 saturated carbocycles. The second-order valence-corrected chi connectivity index (χ2v) is 4.23.